The van der Waals surface area contributed by atoms with Crippen molar-refractivity contribution < 1.29 is 65.5 Å². The first-order valence-corrected chi connectivity index (χ1v) is 21.6. The highest BCUT2D eigenvalue weighted by molar-refractivity contribution is 5.94. The van der Waals surface area contributed by atoms with Crippen LogP contribution >= 0.6 is 0 Å². The van der Waals surface area contributed by atoms with Crippen molar-refractivity contribution in [2.24, 2.45) is 17.3 Å². The van der Waals surface area contributed by atoms with Crippen LogP contribution < -0.4 is 30.2 Å². The highest BCUT2D eigenvalue weighted by atomic mass is 19.4. The minimum absolute atomic E-state index is 0.00694. The number of hydrogen-bond donors (Lipinski definition) is 3. The lowest BCUT2D eigenvalue weighted by molar-refractivity contribution is -0.235. The third kappa shape index (κ3) is 14.8. The van der Waals surface area contributed by atoms with Crippen molar-refractivity contribution in [2.75, 3.05) is 48.2 Å². The van der Waals surface area contributed by atoms with Crippen LogP contribution in [-0.2, 0) is 33.3 Å². The average molecular weight is 916 g/mol. The molecule has 2 amide bonds. The lowest BCUT2D eigenvalue weighted by Crippen LogP contribution is -2.57. The second kappa shape index (κ2) is 23.2. The van der Waals surface area contributed by atoms with E-state index in [1.54, 1.807) is 52.8 Å². The second-order valence-corrected chi connectivity index (χ2v) is 17.6. The van der Waals surface area contributed by atoms with E-state index >= 15 is 0 Å². The Bertz CT molecular complexity index is 2000. The second-order valence-electron chi connectivity index (χ2n) is 17.6. The summed E-state index contributed by atoms with van der Waals surface area (Å²) in [5, 5.41) is 8.12. The van der Waals surface area contributed by atoms with E-state index in [-0.39, 0.29) is 50.9 Å². The molecule has 1 aliphatic carbocycles. The van der Waals surface area contributed by atoms with Crippen molar-refractivity contribution in [2.45, 2.75) is 103 Å². The van der Waals surface area contributed by atoms with Gasteiger partial charge in [0.25, 0.3) is 0 Å². The van der Waals surface area contributed by atoms with Gasteiger partial charge in [0.05, 0.1) is 39.2 Å². The lowest BCUT2D eigenvalue weighted by Gasteiger charge is -2.36. The van der Waals surface area contributed by atoms with E-state index in [1.165, 1.54) is 35.4 Å². The van der Waals surface area contributed by atoms with Gasteiger partial charge in [0.1, 0.15) is 35.9 Å². The van der Waals surface area contributed by atoms with E-state index in [0.29, 0.717) is 17.2 Å². The topological polar surface area (TPSA) is 169 Å². The Morgan fingerprint density at radius 3 is 1.82 bits per heavy atom. The normalized spacial score (nSPS) is 14.6. The highest BCUT2D eigenvalue weighted by Gasteiger charge is 2.44. The molecule has 17 heteroatoms. The first-order chi connectivity index (χ1) is 30.6. The Hall–Kier alpha value is -5.39. The molecule has 0 fully saturated rings. The molecule has 2 unspecified atom stereocenters. The molecule has 0 saturated carbocycles. The number of hydrogen-bond acceptors (Lipinski definition) is 12. The highest BCUT2D eigenvalue weighted by Crippen LogP contribution is 2.44. The Balaban J connectivity index is 1.48. The van der Waals surface area contributed by atoms with Crippen molar-refractivity contribution in [1.82, 2.24) is 16.0 Å². The van der Waals surface area contributed by atoms with E-state index in [0.717, 1.165) is 22.3 Å². The summed E-state index contributed by atoms with van der Waals surface area (Å²) in [5.74, 6) is -4.82. The standard InChI is InChI=1S/C48H64F3N3O11/c1-29(2)22-39(53-42(55)41(46(3,4)5)54-45(58)64-28-38-36-19-13-11-17-34(36)35-18-12-14-20-37(35)38)44(57)65-43(56)30(27-52-40(26-48(49,50)51)47(6,61-9)62-10)16-15-21-63-33-24-31(59-7)23-32(25-33)60-8/h11-14,17-20,23-25,29-30,38-41,52H,15-16,21-22,26-28H2,1-10H3,(H,53,55)(H,54,58)/t30?,39-,40?,41+/m0/s1. The smallest absolute Gasteiger partial charge is 0.407 e. The molecule has 3 N–H and O–H groups in total. The molecular weight excluding hydrogens is 852 g/mol. The third-order valence-corrected chi connectivity index (χ3v) is 11.4. The average Bonchev–Trinajstić information content (AvgIpc) is 3.58. The summed E-state index contributed by atoms with van der Waals surface area (Å²) in [4.78, 5) is 55.2. The molecule has 4 rings (SSSR count). The molecule has 0 aliphatic heterocycles. The lowest BCUT2D eigenvalue weighted by atomic mass is 9.86. The van der Waals surface area contributed by atoms with Gasteiger partial charge in [0.15, 0.2) is 5.79 Å². The Kier molecular flexibility index (Phi) is 18.6. The maximum Gasteiger partial charge on any atom is 0.407 e. The molecule has 0 aromatic heterocycles. The summed E-state index contributed by atoms with van der Waals surface area (Å²) < 4.78 is 79.6. The quantitative estimate of drug-likeness (QED) is 0.0364. The zero-order chi connectivity index (χ0) is 48.1. The minimum atomic E-state index is -4.64. The van der Waals surface area contributed by atoms with Crippen LogP contribution in [0.5, 0.6) is 17.2 Å². The summed E-state index contributed by atoms with van der Waals surface area (Å²) in [6.07, 6.45) is -6.59. The van der Waals surface area contributed by atoms with E-state index in [1.807, 2.05) is 48.5 Å². The summed E-state index contributed by atoms with van der Waals surface area (Å²) >= 11 is 0. The number of carbonyl (C=O) groups is 4. The number of carbonyl (C=O) groups excluding carboxylic acids is 4. The van der Waals surface area contributed by atoms with Gasteiger partial charge in [0.2, 0.25) is 5.91 Å². The van der Waals surface area contributed by atoms with Crippen LogP contribution in [0.15, 0.2) is 66.7 Å². The monoisotopic (exact) mass is 915 g/mol. The number of amides is 2. The molecule has 0 bridgehead atoms. The molecule has 0 heterocycles. The molecule has 3 aromatic carbocycles. The van der Waals surface area contributed by atoms with E-state index in [4.69, 9.17) is 33.2 Å². The first kappa shape index (κ1) is 52.2. The molecule has 14 nitrogen and oxygen atoms in total. The fraction of sp³-hybridized carbons (Fsp3) is 0.542. The molecular formula is C48H64F3N3O11. The number of nitrogens with one attached hydrogen (secondary N) is 3. The van der Waals surface area contributed by atoms with E-state index in [2.05, 4.69) is 16.0 Å². The van der Waals surface area contributed by atoms with Crippen LogP contribution in [0.1, 0.15) is 84.3 Å². The maximum atomic E-state index is 14.0. The molecule has 4 atom stereocenters. The van der Waals surface area contributed by atoms with Crippen molar-refractivity contribution in [1.29, 1.82) is 0 Å². The molecule has 0 spiro atoms. The van der Waals surface area contributed by atoms with Gasteiger partial charge in [-0.3, -0.25) is 9.59 Å². The summed E-state index contributed by atoms with van der Waals surface area (Å²) in [7, 11) is 5.37. The summed E-state index contributed by atoms with van der Waals surface area (Å²) in [6, 6.07) is 16.7. The molecule has 0 saturated heterocycles. The van der Waals surface area contributed by atoms with Gasteiger partial charge in [-0.25, -0.2) is 9.59 Å². The van der Waals surface area contributed by atoms with Crippen molar-refractivity contribution in [3.63, 3.8) is 0 Å². The van der Waals surface area contributed by atoms with Crippen LogP contribution in [0.25, 0.3) is 11.1 Å². The molecule has 1 aliphatic rings. The number of rotatable bonds is 23. The summed E-state index contributed by atoms with van der Waals surface area (Å²) in [5.41, 5.74) is 3.26. The maximum absolute atomic E-state index is 14.0. The Morgan fingerprint density at radius 2 is 1.31 bits per heavy atom. The van der Waals surface area contributed by atoms with Gasteiger partial charge in [-0.1, -0.05) is 83.1 Å². The van der Waals surface area contributed by atoms with E-state index in [9.17, 15) is 32.3 Å². The first-order valence-electron chi connectivity index (χ1n) is 21.6. The van der Waals surface area contributed by atoms with Gasteiger partial charge in [0, 0.05) is 44.9 Å². The van der Waals surface area contributed by atoms with Crippen molar-refractivity contribution >= 4 is 23.9 Å². The predicted molar refractivity (Wildman–Crippen MR) is 237 cm³/mol. The number of fused-ring (bicyclic) bond motifs is 3. The van der Waals surface area contributed by atoms with E-state index < -0.39 is 71.8 Å². The van der Waals surface area contributed by atoms with Gasteiger partial charge in [-0.15, -0.1) is 0 Å². The summed E-state index contributed by atoms with van der Waals surface area (Å²) in [6.45, 7) is 9.83. The predicted octanol–water partition coefficient (Wildman–Crippen LogP) is 7.95. The van der Waals surface area contributed by atoms with Gasteiger partial charge >= 0.3 is 24.2 Å². The van der Waals surface area contributed by atoms with Gasteiger partial charge < -0.3 is 49.1 Å². The number of halogens is 3. The third-order valence-electron chi connectivity index (χ3n) is 11.4. The number of methoxy groups -OCH3 is 4. The SMILES string of the molecule is COc1cc(OC)cc(OCCCC(CNC(CC(F)(F)F)C(C)(OC)OC)C(=O)OC(=O)[C@H](CC(C)C)NC(=O)[C@@H](NC(=O)OCC2c3ccccc3-c3ccccc32)C(C)(C)C)c1. The zero-order valence-electron chi connectivity index (χ0n) is 38.9. The number of benzene rings is 3. The number of ether oxygens (including phenoxy) is 7. The number of esters is 2. The Labute approximate surface area is 379 Å². The molecule has 65 heavy (non-hydrogen) atoms. The van der Waals surface area contributed by atoms with Crippen LogP contribution in [-0.4, -0.2) is 102 Å². The van der Waals surface area contributed by atoms with Gasteiger partial charge in [-0.2, -0.15) is 13.2 Å². The van der Waals surface area contributed by atoms with Crippen LogP contribution in [0, 0.1) is 17.3 Å². The number of alkyl halides is 3. The van der Waals surface area contributed by atoms with Gasteiger partial charge in [-0.05, 0) is 59.8 Å². The number of alkyl carbamates (subject to hydrolysis) is 1. The van der Waals surface area contributed by atoms with Crippen LogP contribution in [0.4, 0.5) is 18.0 Å². The van der Waals surface area contributed by atoms with Crippen LogP contribution in [0.2, 0.25) is 0 Å². The minimum Gasteiger partial charge on any atom is -0.496 e. The fourth-order valence-electron chi connectivity index (χ4n) is 7.64. The molecule has 3 aromatic rings. The zero-order valence-corrected chi connectivity index (χ0v) is 38.9. The van der Waals surface area contributed by atoms with Crippen molar-refractivity contribution in [3.8, 4) is 28.4 Å². The fourth-order valence-corrected chi connectivity index (χ4v) is 7.64. The van der Waals surface area contributed by atoms with Crippen molar-refractivity contribution in [3.05, 3.63) is 77.9 Å². The Morgan fingerprint density at radius 1 is 0.754 bits per heavy atom. The largest absolute Gasteiger partial charge is 0.496 e. The molecule has 358 valence electrons. The van der Waals surface area contributed by atoms with Crippen LogP contribution in [0.3, 0.4) is 0 Å². The molecule has 0 radical (unpaired) electrons.